The van der Waals surface area contributed by atoms with Gasteiger partial charge in [-0.15, -0.1) is 0 Å². The largest absolute Gasteiger partial charge is 0.361 e. The monoisotopic (exact) mass is 289 g/mol. The lowest BCUT2D eigenvalue weighted by Crippen LogP contribution is -2.36. The van der Waals surface area contributed by atoms with Crippen LogP contribution in [0, 0.1) is 11.7 Å². The van der Waals surface area contributed by atoms with E-state index in [4.69, 9.17) is 5.73 Å². The summed E-state index contributed by atoms with van der Waals surface area (Å²) in [5.41, 5.74) is 8.25. The molecule has 0 bridgehead atoms. The first-order valence-corrected chi connectivity index (χ1v) is 7.92. The Kier molecular flexibility index (Phi) is 4.27. The molecule has 21 heavy (non-hydrogen) atoms. The van der Waals surface area contributed by atoms with Crippen LogP contribution in [-0.2, 0) is 0 Å². The first-order chi connectivity index (χ1) is 10.2. The van der Waals surface area contributed by atoms with Gasteiger partial charge in [-0.3, -0.25) is 0 Å². The van der Waals surface area contributed by atoms with Crippen molar-refractivity contribution in [3.8, 4) is 0 Å². The summed E-state index contributed by atoms with van der Waals surface area (Å²) < 4.78 is 13.5. The van der Waals surface area contributed by atoms with Crippen LogP contribution in [0.25, 0.3) is 10.9 Å². The number of hydrogen-bond donors (Lipinski definition) is 2. The molecule has 114 valence electrons. The molecular weight excluding hydrogens is 265 g/mol. The molecule has 2 heterocycles. The molecule has 3 nitrogen and oxygen atoms in total. The van der Waals surface area contributed by atoms with Gasteiger partial charge in [0.1, 0.15) is 5.82 Å². The van der Waals surface area contributed by atoms with Gasteiger partial charge in [-0.25, -0.2) is 4.39 Å². The molecule has 2 aromatic rings. The second-order valence-corrected chi connectivity index (χ2v) is 6.05. The number of rotatable bonds is 4. The number of aromatic amines is 1. The average Bonchev–Trinajstić information content (AvgIpc) is 2.92. The van der Waals surface area contributed by atoms with Crippen LogP contribution in [0.3, 0.4) is 0 Å². The third kappa shape index (κ3) is 2.83. The summed E-state index contributed by atoms with van der Waals surface area (Å²) in [6, 6.07) is 4.94. The van der Waals surface area contributed by atoms with Gasteiger partial charge in [-0.1, -0.05) is 6.92 Å². The molecule has 4 heteroatoms. The molecule has 0 amide bonds. The molecule has 1 aromatic heterocycles. The fourth-order valence-electron chi connectivity index (χ4n) is 3.67. The first kappa shape index (κ1) is 14.5. The molecular formula is C17H24FN3. The van der Waals surface area contributed by atoms with E-state index in [9.17, 15) is 4.39 Å². The number of H-pyrrole nitrogens is 1. The maximum absolute atomic E-state index is 13.5. The Morgan fingerprint density at radius 2 is 2.14 bits per heavy atom. The molecule has 1 aliphatic rings. The van der Waals surface area contributed by atoms with Crippen LogP contribution < -0.4 is 5.73 Å². The van der Waals surface area contributed by atoms with Gasteiger partial charge in [-0.05, 0) is 68.7 Å². The molecule has 1 fully saturated rings. The van der Waals surface area contributed by atoms with Crippen LogP contribution in [-0.4, -0.2) is 36.1 Å². The standard InChI is InChI=1S/C17H24FN3/c1-2-21-7-5-12(6-8-21)15(10-19)16-11-20-17-4-3-13(18)9-14(16)17/h3-4,9,11-12,15,20H,2,5-8,10,19H2,1H3. The lowest BCUT2D eigenvalue weighted by Gasteiger charge is -2.35. The predicted molar refractivity (Wildman–Crippen MR) is 84.9 cm³/mol. The normalized spacial score (nSPS) is 19.2. The van der Waals surface area contributed by atoms with E-state index in [-0.39, 0.29) is 5.82 Å². The summed E-state index contributed by atoms with van der Waals surface area (Å²) in [6.45, 7) is 6.25. The van der Waals surface area contributed by atoms with Crippen molar-refractivity contribution < 1.29 is 4.39 Å². The van der Waals surface area contributed by atoms with Crippen molar-refractivity contribution in [2.75, 3.05) is 26.2 Å². The van der Waals surface area contributed by atoms with E-state index in [1.54, 1.807) is 12.1 Å². The molecule has 0 saturated carbocycles. The molecule has 1 unspecified atom stereocenters. The minimum Gasteiger partial charge on any atom is -0.361 e. The quantitative estimate of drug-likeness (QED) is 0.908. The maximum atomic E-state index is 13.5. The summed E-state index contributed by atoms with van der Waals surface area (Å²) in [5, 5.41) is 0.989. The van der Waals surface area contributed by atoms with Crippen LogP contribution in [0.4, 0.5) is 4.39 Å². The van der Waals surface area contributed by atoms with Crippen molar-refractivity contribution in [3.05, 3.63) is 35.8 Å². The highest BCUT2D eigenvalue weighted by Crippen LogP contribution is 2.35. The maximum Gasteiger partial charge on any atom is 0.123 e. The van der Waals surface area contributed by atoms with Crippen molar-refractivity contribution in [1.82, 2.24) is 9.88 Å². The third-order valence-electron chi connectivity index (χ3n) is 4.98. The smallest absolute Gasteiger partial charge is 0.123 e. The zero-order valence-electron chi connectivity index (χ0n) is 12.6. The highest BCUT2D eigenvalue weighted by molar-refractivity contribution is 5.83. The summed E-state index contributed by atoms with van der Waals surface area (Å²) >= 11 is 0. The highest BCUT2D eigenvalue weighted by Gasteiger charge is 2.28. The molecule has 1 saturated heterocycles. The number of benzene rings is 1. The Hall–Kier alpha value is -1.39. The third-order valence-corrected chi connectivity index (χ3v) is 4.98. The Morgan fingerprint density at radius 1 is 1.38 bits per heavy atom. The van der Waals surface area contributed by atoms with Crippen LogP contribution >= 0.6 is 0 Å². The second kappa shape index (κ2) is 6.16. The van der Waals surface area contributed by atoms with Crippen molar-refractivity contribution in [2.24, 2.45) is 11.7 Å². The van der Waals surface area contributed by atoms with Crippen LogP contribution in [0.5, 0.6) is 0 Å². The van der Waals surface area contributed by atoms with Crippen molar-refractivity contribution in [2.45, 2.75) is 25.7 Å². The summed E-state index contributed by atoms with van der Waals surface area (Å²) in [6.07, 6.45) is 4.38. The van der Waals surface area contributed by atoms with Crippen LogP contribution in [0.15, 0.2) is 24.4 Å². The van der Waals surface area contributed by atoms with Gasteiger partial charge in [-0.2, -0.15) is 0 Å². The molecule has 1 aliphatic heterocycles. The molecule has 0 aliphatic carbocycles. The fraction of sp³-hybridized carbons (Fsp3) is 0.529. The topological polar surface area (TPSA) is 45.0 Å². The predicted octanol–water partition coefficient (Wildman–Crippen LogP) is 3.08. The van der Waals surface area contributed by atoms with E-state index in [2.05, 4.69) is 16.8 Å². The number of piperidine rings is 1. The van der Waals surface area contributed by atoms with E-state index in [1.807, 2.05) is 6.20 Å². The van der Waals surface area contributed by atoms with Crippen molar-refractivity contribution >= 4 is 10.9 Å². The molecule has 0 spiro atoms. The second-order valence-electron chi connectivity index (χ2n) is 6.05. The van der Waals surface area contributed by atoms with Gasteiger partial charge in [0.05, 0.1) is 0 Å². The van der Waals surface area contributed by atoms with E-state index >= 15 is 0 Å². The minimum absolute atomic E-state index is 0.181. The minimum atomic E-state index is -0.181. The van der Waals surface area contributed by atoms with Crippen molar-refractivity contribution in [3.63, 3.8) is 0 Å². The van der Waals surface area contributed by atoms with Gasteiger partial charge >= 0.3 is 0 Å². The number of nitrogens with two attached hydrogens (primary N) is 1. The first-order valence-electron chi connectivity index (χ1n) is 7.92. The van der Waals surface area contributed by atoms with Gasteiger partial charge in [0, 0.05) is 23.0 Å². The lowest BCUT2D eigenvalue weighted by atomic mass is 9.80. The van der Waals surface area contributed by atoms with Crippen LogP contribution in [0.2, 0.25) is 0 Å². The summed E-state index contributed by atoms with van der Waals surface area (Å²) in [4.78, 5) is 5.74. The molecule has 0 radical (unpaired) electrons. The number of likely N-dealkylation sites (tertiary alicyclic amines) is 1. The summed E-state index contributed by atoms with van der Waals surface area (Å²) in [5.74, 6) is 0.736. The molecule has 1 aromatic carbocycles. The SMILES string of the molecule is CCN1CCC(C(CN)c2c[nH]c3ccc(F)cc23)CC1. The van der Waals surface area contributed by atoms with Gasteiger partial charge in [0.25, 0.3) is 0 Å². The van der Waals surface area contributed by atoms with E-state index in [0.29, 0.717) is 18.4 Å². The number of fused-ring (bicyclic) bond motifs is 1. The number of halogens is 1. The molecule has 3 N–H and O–H groups in total. The Morgan fingerprint density at radius 3 is 2.81 bits per heavy atom. The van der Waals surface area contributed by atoms with Crippen LogP contribution in [0.1, 0.15) is 31.2 Å². The number of nitrogens with zero attached hydrogens (tertiary/aromatic N) is 1. The molecule has 1 atom stereocenters. The van der Waals surface area contributed by atoms with E-state index < -0.39 is 0 Å². The van der Waals surface area contributed by atoms with Crippen molar-refractivity contribution in [1.29, 1.82) is 0 Å². The lowest BCUT2D eigenvalue weighted by molar-refractivity contribution is 0.176. The fourth-order valence-corrected chi connectivity index (χ4v) is 3.67. The Balaban J connectivity index is 1.86. The Bertz CT molecular complexity index is 599. The van der Waals surface area contributed by atoms with Gasteiger partial charge < -0.3 is 15.6 Å². The summed E-state index contributed by atoms with van der Waals surface area (Å²) in [7, 11) is 0. The zero-order chi connectivity index (χ0) is 14.8. The number of aromatic nitrogens is 1. The number of hydrogen-bond acceptors (Lipinski definition) is 2. The molecule has 3 rings (SSSR count). The zero-order valence-corrected chi connectivity index (χ0v) is 12.6. The van der Waals surface area contributed by atoms with Gasteiger partial charge in [0.15, 0.2) is 0 Å². The van der Waals surface area contributed by atoms with E-state index in [0.717, 1.165) is 30.5 Å². The highest BCUT2D eigenvalue weighted by atomic mass is 19.1. The Labute approximate surface area is 125 Å². The average molecular weight is 289 g/mol. The van der Waals surface area contributed by atoms with E-state index in [1.165, 1.54) is 24.5 Å². The van der Waals surface area contributed by atoms with Gasteiger partial charge in [0.2, 0.25) is 0 Å². The number of nitrogens with one attached hydrogen (secondary N) is 1.